The molecule has 3 aromatic carbocycles. The molecule has 1 spiro atoms. The Labute approximate surface area is 259 Å². The van der Waals surface area contributed by atoms with E-state index in [1.807, 2.05) is 0 Å². The number of benzene rings is 3. The molecule has 3 aromatic rings. The summed E-state index contributed by atoms with van der Waals surface area (Å²) in [6.07, 6.45) is -0.883. The summed E-state index contributed by atoms with van der Waals surface area (Å²) in [5.74, 6) is -5.99. The van der Waals surface area contributed by atoms with Crippen molar-refractivity contribution in [3.8, 4) is 23.0 Å². The Balaban J connectivity index is 1.82. The third-order valence-electron chi connectivity index (χ3n) is 7.86. The smallest absolute Gasteiger partial charge is 0.340 e. The number of hydrogen-bond acceptors (Lipinski definition) is 9. The van der Waals surface area contributed by atoms with Crippen molar-refractivity contribution < 1.29 is 48.8 Å². The van der Waals surface area contributed by atoms with Gasteiger partial charge in [0.1, 0.15) is 28.9 Å². The van der Waals surface area contributed by atoms with Crippen LogP contribution < -0.4 is 4.74 Å². The van der Waals surface area contributed by atoms with E-state index < -0.39 is 69.7 Å². The van der Waals surface area contributed by atoms with Crippen molar-refractivity contribution in [3.05, 3.63) is 82.4 Å². The summed E-state index contributed by atoms with van der Waals surface area (Å²) in [6.45, 7) is 9.15. The molecule has 2 aliphatic rings. The summed E-state index contributed by atoms with van der Waals surface area (Å²) in [7, 11) is 0. The third-order valence-corrected chi connectivity index (χ3v) is 7.86. The molecule has 0 saturated carbocycles. The van der Waals surface area contributed by atoms with E-state index in [1.54, 1.807) is 45.0 Å². The first-order valence-electron chi connectivity index (χ1n) is 14.2. The van der Waals surface area contributed by atoms with Gasteiger partial charge in [-0.05, 0) is 30.3 Å². The number of phenolic OH excluding ortho intramolecular Hbond substituents is 2. The number of ether oxygens (including phenoxy) is 2. The zero-order chi connectivity index (χ0) is 33.2. The monoisotopic (exact) mass is 615 g/mol. The molecule has 0 aromatic heterocycles. The molecule has 234 valence electrons. The number of carbonyl (C=O) groups is 5. The number of carbonyl (C=O) groups excluding carboxylic acids is 4. The van der Waals surface area contributed by atoms with Crippen LogP contribution in [0.2, 0.25) is 0 Å². The maximum Gasteiger partial charge on any atom is 0.340 e. The number of aromatic hydroxyl groups is 2. The number of Topliss-reactive ketones (excluding diaryl/α,β-unsaturated/α-hetero) is 1. The molecule has 45 heavy (non-hydrogen) atoms. The van der Waals surface area contributed by atoms with Crippen LogP contribution in [0.15, 0.2) is 54.6 Å². The number of nitrogens with zero attached hydrogens (tertiary/aromatic N) is 1. The van der Waals surface area contributed by atoms with Gasteiger partial charge in [-0.1, -0.05) is 59.7 Å². The summed E-state index contributed by atoms with van der Waals surface area (Å²) in [4.78, 5) is 68.1. The second kappa shape index (κ2) is 10.5. The zero-order valence-electron chi connectivity index (χ0n) is 25.6. The molecule has 2 aliphatic heterocycles. The first kappa shape index (κ1) is 31.2. The Kier molecular flexibility index (Phi) is 7.27. The van der Waals surface area contributed by atoms with Crippen molar-refractivity contribution in [1.29, 1.82) is 0 Å². The summed E-state index contributed by atoms with van der Waals surface area (Å²) in [6, 6.07) is 11.6. The molecule has 2 amide bonds. The highest BCUT2D eigenvalue weighted by atomic mass is 16.6. The molecule has 0 fully saturated rings. The van der Waals surface area contributed by atoms with Crippen molar-refractivity contribution in [3.63, 3.8) is 0 Å². The molecule has 2 heterocycles. The number of aliphatic carboxylic acids is 1. The fourth-order valence-corrected chi connectivity index (χ4v) is 5.74. The van der Waals surface area contributed by atoms with Gasteiger partial charge in [0.2, 0.25) is 5.91 Å². The van der Waals surface area contributed by atoms with Gasteiger partial charge in [0.15, 0.2) is 17.1 Å². The summed E-state index contributed by atoms with van der Waals surface area (Å²) >= 11 is 0. The van der Waals surface area contributed by atoms with Crippen molar-refractivity contribution in [1.82, 2.24) is 4.90 Å². The summed E-state index contributed by atoms with van der Waals surface area (Å²) in [5, 5.41) is 31.3. The Bertz CT molecular complexity index is 1800. The average Bonchev–Trinajstić information content (AvgIpc) is 3.23. The van der Waals surface area contributed by atoms with Gasteiger partial charge in [-0.3, -0.25) is 24.1 Å². The number of carboxylic acids is 1. The molecule has 3 N–H and O–H groups in total. The highest BCUT2D eigenvalue weighted by Gasteiger charge is 2.55. The van der Waals surface area contributed by atoms with Crippen LogP contribution in [-0.4, -0.2) is 55.8 Å². The molecular formula is C34H33NO10. The van der Waals surface area contributed by atoms with Crippen LogP contribution >= 0.6 is 0 Å². The quantitative estimate of drug-likeness (QED) is 0.327. The van der Waals surface area contributed by atoms with Gasteiger partial charge in [0, 0.05) is 33.6 Å². The predicted molar refractivity (Wildman–Crippen MR) is 159 cm³/mol. The van der Waals surface area contributed by atoms with Crippen molar-refractivity contribution >= 4 is 29.5 Å². The third kappa shape index (κ3) is 4.98. The van der Waals surface area contributed by atoms with Crippen LogP contribution in [0.3, 0.4) is 0 Å². The number of amides is 2. The molecule has 2 atom stereocenters. The highest BCUT2D eigenvalue weighted by Crippen LogP contribution is 2.58. The van der Waals surface area contributed by atoms with E-state index in [1.165, 1.54) is 51.1 Å². The number of carboxylic acid groups (broad SMARTS) is 1. The molecule has 0 bridgehead atoms. The lowest BCUT2D eigenvalue weighted by Gasteiger charge is -2.39. The van der Waals surface area contributed by atoms with E-state index in [0.29, 0.717) is 16.0 Å². The molecule has 0 aliphatic carbocycles. The molecule has 11 nitrogen and oxygen atoms in total. The van der Waals surface area contributed by atoms with Crippen molar-refractivity contribution in [2.24, 2.45) is 10.8 Å². The fraction of sp³-hybridized carbons (Fsp3) is 0.324. The minimum absolute atomic E-state index is 0.00629. The van der Waals surface area contributed by atoms with E-state index in [4.69, 9.17) is 9.47 Å². The average molecular weight is 616 g/mol. The van der Waals surface area contributed by atoms with Gasteiger partial charge < -0.3 is 24.8 Å². The van der Waals surface area contributed by atoms with Gasteiger partial charge in [-0.2, -0.15) is 0 Å². The number of ketones is 1. The molecular weight excluding hydrogens is 582 g/mol. The van der Waals surface area contributed by atoms with Gasteiger partial charge in [-0.25, -0.2) is 4.79 Å². The van der Waals surface area contributed by atoms with E-state index in [-0.39, 0.29) is 28.4 Å². The standard InChI is InChI=1S/C34H33NO10/c1-32(2,3)28(40)22(16-25(38)39)35(31(43)33(4,5)6)29(41)26-23(37)14-13-21-27(26)44-24-15-17(36)11-12-20(24)34(21)19-10-8-7-9-18(19)30(42)45-34/h7-15,22,36-37H,16H2,1-6H3,(H,38,39). The lowest BCUT2D eigenvalue weighted by Crippen LogP contribution is -2.55. The predicted octanol–water partition coefficient (Wildman–Crippen LogP) is 5.14. The van der Waals surface area contributed by atoms with Gasteiger partial charge in [0.25, 0.3) is 5.91 Å². The highest BCUT2D eigenvalue weighted by molar-refractivity contribution is 6.13. The Morgan fingerprint density at radius 2 is 1.51 bits per heavy atom. The minimum atomic E-state index is -1.74. The Morgan fingerprint density at radius 1 is 0.867 bits per heavy atom. The topological polar surface area (TPSA) is 168 Å². The largest absolute Gasteiger partial charge is 0.508 e. The van der Waals surface area contributed by atoms with Crippen molar-refractivity contribution in [2.45, 2.75) is 59.6 Å². The number of imide groups is 1. The molecule has 11 heteroatoms. The number of fused-ring (bicyclic) bond motifs is 6. The molecule has 2 unspecified atom stereocenters. The van der Waals surface area contributed by atoms with Crippen LogP contribution in [0.1, 0.15) is 85.4 Å². The van der Waals surface area contributed by atoms with Crippen LogP contribution in [0.25, 0.3) is 0 Å². The maximum absolute atomic E-state index is 14.6. The van der Waals surface area contributed by atoms with Crippen LogP contribution in [-0.2, 0) is 24.7 Å². The second-order valence-electron chi connectivity index (χ2n) is 13.2. The maximum atomic E-state index is 14.6. The van der Waals surface area contributed by atoms with Gasteiger partial charge in [0.05, 0.1) is 12.0 Å². The first-order chi connectivity index (χ1) is 20.9. The van der Waals surface area contributed by atoms with E-state index in [2.05, 4.69) is 0 Å². The van der Waals surface area contributed by atoms with Crippen molar-refractivity contribution in [2.75, 3.05) is 0 Å². The van der Waals surface area contributed by atoms with Crippen LogP contribution in [0, 0.1) is 10.8 Å². The lowest BCUT2D eigenvalue weighted by molar-refractivity contribution is -0.149. The zero-order valence-corrected chi connectivity index (χ0v) is 25.6. The second-order valence-corrected chi connectivity index (χ2v) is 13.2. The summed E-state index contributed by atoms with van der Waals surface area (Å²) in [5.41, 5.74) is -3.57. The minimum Gasteiger partial charge on any atom is -0.508 e. The van der Waals surface area contributed by atoms with E-state index in [9.17, 15) is 39.3 Å². The molecule has 0 saturated heterocycles. The number of hydrogen-bond donors (Lipinski definition) is 3. The number of phenols is 2. The lowest BCUT2D eigenvalue weighted by atomic mass is 9.76. The SMILES string of the molecule is CC(C)(C)C(=O)C(CC(=O)O)N(C(=O)c1c(O)ccc2c1Oc1cc(O)ccc1C21OC(=O)c2ccccc21)C(=O)C(C)(C)C. The first-order valence-corrected chi connectivity index (χ1v) is 14.2. The summed E-state index contributed by atoms with van der Waals surface area (Å²) < 4.78 is 12.2. The van der Waals surface area contributed by atoms with E-state index >= 15 is 0 Å². The van der Waals surface area contributed by atoms with Gasteiger partial charge >= 0.3 is 11.9 Å². The van der Waals surface area contributed by atoms with E-state index in [0.717, 1.165) is 0 Å². The molecule has 0 radical (unpaired) electrons. The van der Waals surface area contributed by atoms with Gasteiger partial charge in [-0.15, -0.1) is 0 Å². The Hall–Kier alpha value is -5.19. The molecule has 5 rings (SSSR count). The van der Waals surface area contributed by atoms with Crippen LogP contribution in [0.5, 0.6) is 23.0 Å². The van der Waals surface area contributed by atoms with Crippen LogP contribution in [0.4, 0.5) is 0 Å². The number of rotatable bonds is 5. The number of esters is 1. The normalized spacial score (nSPS) is 17.3. The Morgan fingerprint density at radius 3 is 2.13 bits per heavy atom. The fourth-order valence-electron chi connectivity index (χ4n) is 5.74.